The van der Waals surface area contributed by atoms with Gasteiger partial charge in [0.1, 0.15) is 0 Å². The van der Waals surface area contributed by atoms with E-state index >= 15 is 0 Å². The Morgan fingerprint density at radius 3 is 1.21 bits per heavy atom. The Morgan fingerprint density at radius 2 is 1.07 bits per heavy atom. The lowest BCUT2D eigenvalue weighted by molar-refractivity contribution is 0.107. The Bertz CT molecular complexity index is 82.9. The van der Waals surface area contributed by atoms with Gasteiger partial charge in [-0.05, 0) is 38.1 Å². The first kappa shape index (κ1) is 20.7. The minimum atomic E-state index is -0.231. The zero-order valence-corrected chi connectivity index (χ0v) is 14.4. The Balaban J connectivity index is -0.000000266. The second kappa shape index (κ2) is 16.8. The monoisotopic (exact) mass is 430 g/mol. The van der Waals surface area contributed by atoms with Gasteiger partial charge in [-0.25, -0.2) is 0 Å². The molecular weight excluding hydrogens is 406 g/mol. The van der Waals surface area contributed by atoms with Crippen LogP contribution in [0.25, 0.3) is 0 Å². The molecule has 0 saturated heterocycles. The van der Waals surface area contributed by atoms with E-state index in [1.165, 1.54) is 0 Å². The number of likely N-dealkylation sites (N-methyl/N-ethyl adjacent to an activating group) is 2. The quantitative estimate of drug-likeness (QED) is 0.542. The van der Waals surface area contributed by atoms with Gasteiger partial charge >= 0.3 is 0 Å². The van der Waals surface area contributed by atoms with E-state index in [1.807, 2.05) is 47.9 Å². The normalized spacial score (nSPS) is 9.43. The number of rotatable bonds is 4. The number of aliphatic hydroxyl groups is 1. The lowest BCUT2D eigenvalue weighted by Crippen LogP contribution is -2.34. The molecule has 0 amide bonds. The minimum absolute atomic E-state index is 0.231. The summed E-state index contributed by atoms with van der Waals surface area (Å²) in [5.41, 5.74) is 0. The van der Waals surface area contributed by atoms with E-state index in [4.69, 9.17) is 0 Å². The van der Waals surface area contributed by atoms with Gasteiger partial charge < -0.3 is 14.9 Å². The third-order valence-electron chi connectivity index (χ3n) is 1.15. The van der Waals surface area contributed by atoms with Crippen molar-refractivity contribution in [3.8, 4) is 0 Å². The maximum Gasteiger partial charge on any atom is 0.0793 e. The lowest BCUT2D eigenvalue weighted by atomic mass is 10.3. The van der Waals surface area contributed by atoms with Crippen molar-refractivity contribution in [2.24, 2.45) is 0 Å². The predicted molar refractivity (Wildman–Crippen MR) is 83.0 cm³/mol. The summed E-state index contributed by atoms with van der Waals surface area (Å²) in [6, 6.07) is 0. The molecule has 3 nitrogen and oxygen atoms in total. The molecule has 0 aliphatic rings. The third kappa shape index (κ3) is 23.3. The van der Waals surface area contributed by atoms with E-state index in [0.717, 1.165) is 13.1 Å². The Morgan fingerprint density at radius 1 is 0.857 bits per heavy atom. The van der Waals surface area contributed by atoms with Crippen LogP contribution < -0.4 is 0 Å². The van der Waals surface area contributed by atoms with Crippen LogP contribution in [-0.4, -0.2) is 72.2 Å². The maximum atomic E-state index is 9.31. The molecule has 5 heteroatoms. The van der Waals surface area contributed by atoms with Gasteiger partial charge in [0.25, 0.3) is 0 Å². The van der Waals surface area contributed by atoms with Gasteiger partial charge in [-0.1, -0.05) is 45.2 Å². The van der Waals surface area contributed by atoms with Crippen LogP contribution in [0.5, 0.6) is 0 Å². The summed E-state index contributed by atoms with van der Waals surface area (Å²) in [5, 5.41) is 9.31. The molecule has 0 spiro atoms. The molecule has 14 heavy (non-hydrogen) atoms. The van der Waals surface area contributed by atoms with Crippen molar-refractivity contribution < 1.29 is 5.11 Å². The van der Waals surface area contributed by atoms with Crippen molar-refractivity contribution >= 4 is 45.2 Å². The second-order valence-electron chi connectivity index (χ2n) is 3.18. The highest BCUT2D eigenvalue weighted by Crippen LogP contribution is 1.87. The lowest BCUT2D eigenvalue weighted by Gasteiger charge is -2.19. The fourth-order valence-electron chi connectivity index (χ4n) is 0.901. The van der Waals surface area contributed by atoms with E-state index in [2.05, 4.69) is 45.2 Å². The van der Waals surface area contributed by atoms with E-state index in [0.29, 0.717) is 0 Å². The number of hydrogen-bond donors (Lipinski definition) is 1. The molecule has 0 atom stereocenters. The summed E-state index contributed by atoms with van der Waals surface area (Å²) < 4.78 is 0. The fraction of sp³-hybridized carbons (Fsp3) is 1.00. The van der Waals surface area contributed by atoms with Crippen molar-refractivity contribution in [3.05, 3.63) is 0 Å². The third-order valence-corrected chi connectivity index (χ3v) is 1.15. The predicted octanol–water partition coefficient (Wildman–Crippen LogP) is 1.57. The number of hydrogen-bond acceptors (Lipinski definition) is 3. The largest absolute Gasteiger partial charge is 0.390 e. The molecule has 0 aliphatic heterocycles. The standard InChI is InChI=1S/C7H18N2O.2CH3I/c1-8(2)5-7(10)6-9(3)4;2*1-2/h7,10H,5-6H2,1-4H3;2*1H3. The van der Waals surface area contributed by atoms with Crippen molar-refractivity contribution in [2.75, 3.05) is 51.1 Å². The molecule has 1 N–H and O–H groups in total. The van der Waals surface area contributed by atoms with Crippen molar-refractivity contribution in [3.63, 3.8) is 0 Å². The summed E-state index contributed by atoms with van der Waals surface area (Å²) >= 11 is 4.30. The van der Waals surface area contributed by atoms with Crippen LogP contribution in [0.2, 0.25) is 0 Å². The van der Waals surface area contributed by atoms with Gasteiger partial charge in [0.15, 0.2) is 0 Å². The summed E-state index contributed by atoms with van der Waals surface area (Å²) in [7, 11) is 7.83. The molecule has 90 valence electrons. The summed E-state index contributed by atoms with van der Waals surface area (Å²) in [6.07, 6.45) is -0.231. The van der Waals surface area contributed by atoms with Gasteiger partial charge in [-0.2, -0.15) is 0 Å². The Kier molecular flexibility index (Phi) is 24.8. The van der Waals surface area contributed by atoms with E-state index in [1.54, 1.807) is 0 Å². The SMILES string of the molecule is CI.CI.CN(C)CC(O)CN(C)C. The highest BCUT2D eigenvalue weighted by Gasteiger charge is 2.05. The molecule has 0 rings (SSSR count). The highest BCUT2D eigenvalue weighted by molar-refractivity contribution is 14.1. The zero-order chi connectivity index (χ0) is 12.1. The first-order valence-electron chi connectivity index (χ1n) is 4.25. The van der Waals surface area contributed by atoms with Gasteiger partial charge in [-0.15, -0.1) is 0 Å². The summed E-state index contributed by atoms with van der Waals surface area (Å²) in [6.45, 7) is 1.47. The molecular formula is C9H24I2N2O. The average Bonchev–Trinajstić information content (AvgIpc) is 2.08. The number of halogens is 2. The smallest absolute Gasteiger partial charge is 0.0793 e. The molecule has 0 aromatic rings. The van der Waals surface area contributed by atoms with Gasteiger partial charge in [0.05, 0.1) is 6.10 Å². The molecule has 0 saturated carbocycles. The Hall–Kier alpha value is 1.34. The second-order valence-corrected chi connectivity index (χ2v) is 3.18. The molecule has 0 bridgehead atoms. The van der Waals surface area contributed by atoms with E-state index in [-0.39, 0.29) is 6.10 Å². The number of alkyl halides is 2. The Labute approximate surface area is 117 Å². The molecule has 0 aromatic carbocycles. The molecule has 0 aliphatic carbocycles. The number of nitrogens with zero attached hydrogens (tertiary/aromatic N) is 2. The first-order chi connectivity index (χ1) is 6.52. The van der Waals surface area contributed by atoms with Crippen LogP contribution in [0.4, 0.5) is 0 Å². The van der Waals surface area contributed by atoms with Crippen LogP contribution in [0.1, 0.15) is 0 Å². The fourth-order valence-corrected chi connectivity index (χ4v) is 0.901. The van der Waals surface area contributed by atoms with Crippen molar-refractivity contribution in [1.82, 2.24) is 9.80 Å². The van der Waals surface area contributed by atoms with Crippen LogP contribution in [0.15, 0.2) is 0 Å². The highest BCUT2D eigenvalue weighted by atomic mass is 127. The topological polar surface area (TPSA) is 26.7 Å². The van der Waals surface area contributed by atoms with Crippen LogP contribution in [-0.2, 0) is 0 Å². The van der Waals surface area contributed by atoms with Crippen LogP contribution >= 0.6 is 45.2 Å². The first-order valence-corrected chi connectivity index (χ1v) is 8.57. The van der Waals surface area contributed by atoms with Gasteiger partial charge in [0, 0.05) is 13.1 Å². The van der Waals surface area contributed by atoms with Crippen LogP contribution in [0, 0.1) is 0 Å². The van der Waals surface area contributed by atoms with Crippen molar-refractivity contribution in [1.29, 1.82) is 0 Å². The zero-order valence-electron chi connectivity index (χ0n) is 10.1. The molecule has 0 unspecified atom stereocenters. The van der Waals surface area contributed by atoms with E-state index in [9.17, 15) is 5.11 Å². The van der Waals surface area contributed by atoms with E-state index < -0.39 is 0 Å². The summed E-state index contributed by atoms with van der Waals surface area (Å²) in [5.74, 6) is 0. The van der Waals surface area contributed by atoms with Crippen LogP contribution in [0.3, 0.4) is 0 Å². The molecule has 0 aromatic heterocycles. The number of aliphatic hydroxyl groups excluding tert-OH is 1. The van der Waals surface area contributed by atoms with Gasteiger partial charge in [-0.3, -0.25) is 0 Å². The van der Waals surface area contributed by atoms with Gasteiger partial charge in [0.2, 0.25) is 0 Å². The maximum absolute atomic E-state index is 9.31. The molecule has 0 radical (unpaired) electrons. The minimum Gasteiger partial charge on any atom is -0.390 e. The van der Waals surface area contributed by atoms with Crippen molar-refractivity contribution in [2.45, 2.75) is 6.10 Å². The average molecular weight is 430 g/mol. The molecule has 0 fully saturated rings. The molecule has 0 heterocycles. The summed E-state index contributed by atoms with van der Waals surface area (Å²) in [4.78, 5) is 7.90.